The van der Waals surface area contributed by atoms with Crippen LogP contribution in [0.4, 0.5) is 17.3 Å². The van der Waals surface area contributed by atoms with Crippen LogP contribution in [0.15, 0.2) is 29.6 Å². The number of nitrogens with one attached hydrogen (secondary N) is 1. The monoisotopic (exact) mass is 305 g/mol. The summed E-state index contributed by atoms with van der Waals surface area (Å²) in [6.07, 6.45) is 2.17. The highest BCUT2D eigenvalue weighted by Crippen LogP contribution is 2.34. The molecule has 1 fully saturated rings. The minimum atomic E-state index is -0.428. The molecule has 0 unspecified atom stereocenters. The van der Waals surface area contributed by atoms with Crippen molar-refractivity contribution in [1.82, 2.24) is 4.98 Å². The summed E-state index contributed by atoms with van der Waals surface area (Å²) in [6.45, 7) is 0.709. The van der Waals surface area contributed by atoms with Gasteiger partial charge in [-0.05, 0) is 24.3 Å². The van der Waals surface area contributed by atoms with Gasteiger partial charge in [-0.3, -0.25) is 10.1 Å². The molecular weight excluding hydrogens is 290 g/mol. The number of pyridine rings is 1. The highest BCUT2D eigenvalue weighted by atomic mass is 32.1. The van der Waals surface area contributed by atoms with E-state index in [0.717, 1.165) is 12.8 Å². The molecule has 0 atom stereocenters. The first-order chi connectivity index (χ1) is 10.2. The third-order valence-corrected chi connectivity index (χ3v) is 4.20. The summed E-state index contributed by atoms with van der Waals surface area (Å²) in [7, 11) is 0. The first-order valence-electron chi connectivity index (χ1n) is 6.59. The smallest absolute Gasteiger partial charge is 0.276 e. The van der Waals surface area contributed by atoms with E-state index in [4.69, 9.17) is 5.84 Å². The van der Waals surface area contributed by atoms with E-state index in [1.807, 2.05) is 11.4 Å². The van der Waals surface area contributed by atoms with E-state index < -0.39 is 4.92 Å². The van der Waals surface area contributed by atoms with Gasteiger partial charge in [0.2, 0.25) is 0 Å². The van der Waals surface area contributed by atoms with Gasteiger partial charge >= 0.3 is 0 Å². The molecule has 1 saturated carbocycles. The number of nitro groups is 1. The summed E-state index contributed by atoms with van der Waals surface area (Å²) >= 11 is 1.67. The Kier molecular flexibility index (Phi) is 3.72. The highest BCUT2D eigenvalue weighted by molar-refractivity contribution is 7.09. The van der Waals surface area contributed by atoms with Crippen molar-refractivity contribution < 1.29 is 4.92 Å². The van der Waals surface area contributed by atoms with Crippen molar-refractivity contribution in [2.24, 2.45) is 5.84 Å². The number of hydrazine groups is 1. The van der Waals surface area contributed by atoms with Gasteiger partial charge in [0.25, 0.3) is 5.69 Å². The second-order valence-electron chi connectivity index (χ2n) is 4.91. The van der Waals surface area contributed by atoms with E-state index in [2.05, 4.69) is 21.4 Å². The summed E-state index contributed by atoms with van der Waals surface area (Å²) in [6, 6.07) is 7.29. The molecule has 0 saturated heterocycles. The van der Waals surface area contributed by atoms with Gasteiger partial charge in [0, 0.05) is 10.9 Å². The Morgan fingerprint density at radius 1 is 1.52 bits per heavy atom. The molecule has 3 N–H and O–H groups in total. The number of hydrogen-bond acceptors (Lipinski definition) is 7. The van der Waals surface area contributed by atoms with Crippen LogP contribution in [0.3, 0.4) is 0 Å². The van der Waals surface area contributed by atoms with E-state index in [0.29, 0.717) is 24.2 Å². The van der Waals surface area contributed by atoms with Crippen LogP contribution >= 0.6 is 11.3 Å². The van der Waals surface area contributed by atoms with Crippen molar-refractivity contribution >= 4 is 28.7 Å². The fourth-order valence-electron chi connectivity index (χ4n) is 2.18. The molecule has 0 bridgehead atoms. The molecule has 0 radical (unpaired) electrons. The van der Waals surface area contributed by atoms with Gasteiger partial charge in [-0.25, -0.2) is 10.8 Å². The number of anilines is 2. The molecule has 110 valence electrons. The number of nitrogens with two attached hydrogens (primary N) is 1. The van der Waals surface area contributed by atoms with Crippen LogP contribution < -0.4 is 16.2 Å². The largest absolute Gasteiger partial charge is 0.348 e. The topological polar surface area (TPSA) is 97.3 Å². The van der Waals surface area contributed by atoms with Gasteiger partial charge in [-0.2, -0.15) is 0 Å². The molecule has 8 heteroatoms. The lowest BCUT2D eigenvalue weighted by molar-refractivity contribution is -0.384. The molecule has 0 amide bonds. The Labute approximate surface area is 125 Å². The van der Waals surface area contributed by atoms with Crippen LogP contribution in [0.1, 0.15) is 17.7 Å². The molecule has 1 aliphatic rings. The van der Waals surface area contributed by atoms with Crippen LogP contribution in [-0.2, 0) is 6.54 Å². The predicted octanol–water partition coefficient (Wildman–Crippen LogP) is 2.51. The fraction of sp³-hybridized carbons (Fsp3) is 0.308. The molecule has 2 heterocycles. The van der Waals surface area contributed by atoms with Gasteiger partial charge in [-0.1, -0.05) is 6.07 Å². The minimum Gasteiger partial charge on any atom is -0.348 e. The number of aromatic nitrogens is 1. The van der Waals surface area contributed by atoms with Crippen molar-refractivity contribution in [2.45, 2.75) is 25.4 Å². The first-order valence-corrected chi connectivity index (χ1v) is 7.47. The summed E-state index contributed by atoms with van der Waals surface area (Å²) in [5, 5.41) is 13.1. The first kappa shape index (κ1) is 13.8. The van der Waals surface area contributed by atoms with Gasteiger partial charge in [0.05, 0.1) is 23.6 Å². The Bertz CT molecular complexity index is 642. The Morgan fingerprint density at radius 3 is 2.90 bits per heavy atom. The van der Waals surface area contributed by atoms with Gasteiger partial charge in [0.15, 0.2) is 0 Å². The zero-order chi connectivity index (χ0) is 14.8. The third kappa shape index (κ3) is 3.11. The Balaban J connectivity index is 1.94. The lowest BCUT2D eigenvalue weighted by Crippen LogP contribution is -2.26. The van der Waals surface area contributed by atoms with Crippen LogP contribution in [0.5, 0.6) is 0 Å². The molecule has 21 heavy (non-hydrogen) atoms. The van der Waals surface area contributed by atoms with Crippen LogP contribution in [-0.4, -0.2) is 15.9 Å². The van der Waals surface area contributed by atoms with E-state index in [-0.39, 0.29) is 5.69 Å². The molecule has 3 rings (SSSR count). The molecular formula is C13H15N5O2S. The zero-order valence-corrected chi connectivity index (χ0v) is 12.0. The maximum absolute atomic E-state index is 11.0. The molecule has 0 aromatic carbocycles. The lowest BCUT2D eigenvalue weighted by atomic mass is 10.3. The second-order valence-corrected chi connectivity index (χ2v) is 5.94. The average molecular weight is 305 g/mol. The third-order valence-electron chi connectivity index (χ3n) is 3.34. The van der Waals surface area contributed by atoms with Crippen molar-refractivity contribution in [3.8, 4) is 0 Å². The summed E-state index contributed by atoms with van der Waals surface area (Å²) < 4.78 is 0. The maximum Gasteiger partial charge on any atom is 0.276 e. The maximum atomic E-state index is 11.0. The van der Waals surface area contributed by atoms with Crippen molar-refractivity contribution in [2.75, 3.05) is 10.3 Å². The molecule has 0 aliphatic heterocycles. The fourth-order valence-corrected chi connectivity index (χ4v) is 2.88. The van der Waals surface area contributed by atoms with Gasteiger partial charge in [-0.15, -0.1) is 11.3 Å². The Morgan fingerprint density at radius 2 is 2.33 bits per heavy atom. The normalized spacial score (nSPS) is 14.0. The van der Waals surface area contributed by atoms with Crippen LogP contribution in [0, 0.1) is 10.1 Å². The highest BCUT2D eigenvalue weighted by Gasteiger charge is 2.31. The standard InChI is InChI=1S/C13H15N5O2S/c14-16-12-6-10(18(19)20)7-13(15-12)17(9-3-4-9)8-11-2-1-5-21-11/h1-2,5-7,9H,3-4,8,14H2,(H,15,16). The number of thiophene rings is 1. The lowest BCUT2D eigenvalue weighted by Gasteiger charge is -2.23. The number of rotatable bonds is 6. The van der Waals surface area contributed by atoms with Gasteiger partial charge in [0.1, 0.15) is 11.6 Å². The van der Waals surface area contributed by atoms with Crippen LogP contribution in [0.2, 0.25) is 0 Å². The van der Waals surface area contributed by atoms with Crippen molar-refractivity contribution in [1.29, 1.82) is 0 Å². The van der Waals surface area contributed by atoms with E-state index in [1.54, 1.807) is 11.3 Å². The molecule has 2 aromatic heterocycles. The molecule has 0 spiro atoms. The minimum absolute atomic E-state index is 0.00946. The predicted molar refractivity (Wildman–Crippen MR) is 82.2 cm³/mol. The molecule has 7 nitrogen and oxygen atoms in total. The van der Waals surface area contributed by atoms with E-state index in [1.165, 1.54) is 17.0 Å². The number of nitrogen functional groups attached to an aromatic ring is 1. The average Bonchev–Trinajstić information content (AvgIpc) is 3.20. The zero-order valence-electron chi connectivity index (χ0n) is 11.2. The number of hydrogen-bond donors (Lipinski definition) is 2. The summed E-state index contributed by atoms with van der Waals surface area (Å²) in [5.74, 6) is 6.26. The second kappa shape index (κ2) is 5.66. The number of nitrogens with zero attached hydrogens (tertiary/aromatic N) is 3. The summed E-state index contributed by atoms with van der Waals surface area (Å²) in [5.41, 5.74) is 2.39. The summed E-state index contributed by atoms with van der Waals surface area (Å²) in [4.78, 5) is 18.3. The van der Waals surface area contributed by atoms with E-state index >= 15 is 0 Å². The molecule has 2 aromatic rings. The van der Waals surface area contributed by atoms with Gasteiger partial charge < -0.3 is 10.3 Å². The van der Waals surface area contributed by atoms with Crippen LogP contribution in [0.25, 0.3) is 0 Å². The van der Waals surface area contributed by atoms with Crippen molar-refractivity contribution in [3.05, 3.63) is 44.6 Å². The SMILES string of the molecule is NNc1cc([N+](=O)[O-])cc(N(Cc2cccs2)C2CC2)n1. The quantitative estimate of drug-likeness (QED) is 0.483. The molecule has 1 aliphatic carbocycles. The van der Waals surface area contributed by atoms with E-state index in [9.17, 15) is 10.1 Å². The van der Waals surface area contributed by atoms with Crippen molar-refractivity contribution in [3.63, 3.8) is 0 Å². The Hall–Kier alpha value is -2.19.